The zero-order valence-corrected chi connectivity index (χ0v) is 16.8. The van der Waals surface area contributed by atoms with Crippen LogP contribution < -0.4 is 11.1 Å². The van der Waals surface area contributed by atoms with Gasteiger partial charge < -0.3 is 25.6 Å². The number of anilines is 2. The van der Waals surface area contributed by atoms with Crippen LogP contribution >= 0.6 is 22.6 Å². The predicted octanol–water partition coefficient (Wildman–Crippen LogP) is 3.08. The number of carbonyl (C=O) groups is 1. The Balaban J connectivity index is 2.24. The van der Waals surface area contributed by atoms with Gasteiger partial charge in [-0.2, -0.15) is 0 Å². The van der Waals surface area contributed by atoms with Crippen LogP contribution in [-0.4, -0.2) is 37.4 Å². The summed E-state index contributed by atoms with van der Waals surface area (Å²) in [5, 5.41) is 11.0. The molecular weight excluding hydrogens is 492 g/mol. The lowest BCUT2D eigenvalue weighted by molar-refractivity contribution is 0.0266. The Labute approximate surface area is 173 Å². The second kappa shape index (κ2) is 10.6. The van der Waals surface area contributed by atoms with E-state index in [9.17, 15) is 18.0 Å². The second-order valence-corrected chi connectivity index (χ2v) is 6.83. The standard InChI is InChI=1S/C18H18F3IN2O4/c19-13-8-11(22)1-2-14(13)24-17-12(18(23)26)7-10(15(20)16(17)21)9-28-6-5-27-4-3-25/h1-2,7-8,24-25H,3-6,9H2,(H2,23,26). The van der Waals surface area contributed by atoms with E-state index in [1.807, 2.05) is 22.6 Å². The minimum Gasteiger partial charge on any atom is -0.394 e. The number of aliphatic hydroxyl groups excluding tert-OH is 1. The number of nitrogens with two attached hydrogens (primary N) is 1. The van der Waals surface area contributed by atoms with Gasteiger partial charge in [-0.1, -0.05) is 0 Å². The first-order valence-electron chi connectivity index (χ1n) is 8.14. The number of ether oxygens (including phenoxy) is 2. The fourth-order valence-electron chi connectivity index (χ4n) is 2.29. The number of hydrogen-bond acceptors (Lipinski definition) is 5. The van der Waals surface area contributed by atoms with Crippen molar-refractivity contribution in [3.05, 3.63) is 56.4 Å². The first kappa shape index (κ1) is 22.4. The number of rotatable bonds is 10. The predicted molar refractivity (Wildman–Crippen MR) is 105 cm³/mol. The second-order valence-electron chi connectivity index (χ2n) is 5.59. The SMILES string of the molecule is NC(=O)c1cc(COCCOCCO)c(F)c(F)c1Nc1ccc(I)cc1F. The Morgan fingerprint density at radius 3 is 2.46 bits per heavy atom. The lowest BCUT2D eigenvalue weighted by Gasteiger charge is -2.15. The van der Waals surface area contributed by atoms with Crippen LogP contribution in [0.5, 0.6) is 0 Å². The van der Waals surface area contributed by atoms with Gasteiger partial charge in [-0.15, -0.1) is 0 Å². The van der Waals surface area contributed by atoms with Gasteiger partial charge in [-0.3, -0.25) is 4.79 Å². The summed E-state index contributed by atoms with van der Waals surface area (Å²) in [4.78, 5) is 11.7. The Hall–Kier alpha value is -1.89. The molecule has 2 rings (SSSR count). The summed E-state index contributed by atoms with van der Waals surface area (Å²) in [5.41, 5.74) is 4.03. The van der Waals surface area contributed by atoms with Gasteiger partial charge in [0.1, 0.15) is 5.82 Å². The van der Waals surface area contributed by atoms with Crippen molar-refractivity contribution in [2.24, 2.45) is 5.73 Å². The van der Waals surface area contributed by atoms with Gasteiger partial charge in [-0.05, 0) is 46.9 Å². The highest BCUT2D eigenvalue weighted by Gasteiger charge is 2.22. The van der Waals surface area contributed by atoms with Crippen molar-refractivity contribution < 1.29 is 32.5 Å². The minimum absolute atomic E-state index is 0.0703. The van der Waals surface area contributed by atoms with Crippen LogP contribution in [0.2, 0.25) is 0 Å². The normalized spacial score (nSPS) is 10.9. The molecule has 0 aliphatic heterocycles. The zero-order chi connectivity index (χ0) is 20.7. The molecule has 0 bridgehead atoms. The van der Waals surface area contributed by atoms with E-state index in [4.69, 9.17) is 20.3 Å². The highest BCUT2D eigenvalue weighted by atomic mass is 127. The summed E-state index contributed by atoms with van der Waals surface area (Å²) in [6.45, 7) is -0.116. The summed E-state index contributed by atoms with van der Waals surface area (Å²) in [6.07, 6.45) is 0. The molecule has 28 heavy (non-hydrogen) atoms. The first-order valence-corrected chi connectivity index (χ1v) is 9.22. The van der Waals surface area contributed by atoms with Crippen molar-refractivity contribution in [1.82, 2.24) is 0 Å². The van der Waals surface area contributed by atoms with E-state index in [2.05, 4.69) is 5.32 Å². The molecule has 10 heteroatoms. The Bertz CT molecular complexity index is 852. The smallest absolute Gasteiger partial charge is 0.250 e. The third kappa shape index (κ3) is 5.80. The topological polar surface area (TPSA) is 93.8 Å². The van der Waals surface area contributed by atoms with E-state index in [1.165, 1.54) is 12.1 Å². The molecule has 152 valence electrons. The van der Waals surface area contributed by atoms with Gasteiger partial charge in [0.15, 0.2) is 11.6 Å². The summed E-state index contributed by atoms with van der Waals surface area (Å²) >= 11 is 1.90. The minimum atomic E-state index is -1.37. The van der Waals surface area contributed by atoms with Crippen LogP contribution in [-0.2, 0) is 16.1 Å². The summed E-state index contributed by atoms with van der Waals surface area (Å²) < 4.78 is 53.8. The van der Waals surface area contributed by atoms with Crippen molar-refractivity contribution >= 4 is 39.9 Å². The van der Waals surface area contributed by atoms with Crippen molar-refractivity contribution in [3.63, 3.8) is 0 Å². The van der Waals surface area contributed by atoms with E-state index >= 15 is 0 Å². The molecule has 2 aromatic rings. The highest BCUT2D eigenvalue weighted by Crippen LogP contribution is 2.30. The Morgan fingerprint density at radius 1 is 1.11 bits per heavy atom. The number of benzene rings is 2. The first-order chi connectivity index (χ1) is 13.3. The van der Waals surface area contributed by atoms with Crippen molar-refractivity contribution in [2.75, 3.05) is 31.7 Å². The van der Waals surface area contributed by atoms with E-state index in [1.54, 1.807) is 6.07 Å². The maximum atomic E-state index is 14.6. The number of halogens is 4. The molecular formula is C18H18F3IN2O4. The van der Waals surface area contributed by atoms with Crippen LogP contribution in [0.1, 0.15) is 15.9 Å². The molecule has 0 aliphatic carbocycles. The van der Waals surface area contributed by atoms with Crippen LogP contribution in [0, 0.1) is 21.0 Å². The molecule has 6 nitrogen and oxygen atoms in total. The van der Waals surface area contributed by atoms with E-state index in [0.717, 1.165) is 6.07 Å². The molecule has 0 fully saturated rings. The number of primary amides is 1. The van der Waals surface area contributed by atoms with Gasteiger partial charge in [0, 0.05) is 9.13 Å². The quantitative estimate of drug-likeness (QED) is 0.338. The number of aliphatic hydroxyl groups is 1. The number of hydrogen-bond donors (Lipinski definition) is 3. The maximum Gasteiger partial charge on any atom is 0.250 e. The molecule has 1 amide bonds. The Kier molecular flexibility index (Phi) is 8.48. The molecule has 0 saturated carbocycles. The van der Waals surface area contributed by atoms with Crippen LogP contribution in [0.15, 0.2) is 24.3 Å². The van der Waals surface area contributed by atoms with Crippen molar-refractivity contribution in [3.8, 4) is 0 Å². The van der Waals surface area contributed by atoms with Crippen LogP contribution in [0.25, 0.3) is 0 Å². The molecule has 0 atom stereocenters. The molecule has 0 aliphatic rings. The lowest BCUT2D eigenvalue weighted by atomic mass is 10.1. The molecule has 0 unspecified atom stereocenters. The number of carbonyl (C=O) groups excluding carboxylic acids is 1. The molecule has 0 aromatic heterocycles. The van der Waals surface area contributed by atoms with E-state index in [-0.39, 0.29) is 49.8 Å². The molecule has 0 spiro atoms. The number of amides is 1. The van der Waals surface area contributed by atoms with Gasteiger partial charge in [-0.25, -0.2) is 13.2 Å². The number of nitrogens with one attached hydrogen (secondary N) is 1. The van der Waals surface area contributed by atoms with Crippen molar-refractivity contribution in [1.29, 1.82) is 0 Å². The van der Waals surface area contributed by atoms with Crippen LogP contribution in [0.4, 0.5) is 24.5 Å². The molecule has 0 radical (unpaired) electrons. The molecule has 2 aromatic carbocycles. The maximum absolute atomic E-state index is 14.6. The molecule has 0 heterocycles. The summed E-state index contributed by atoms with van der Waals surface area (Å²) in [5.74, 6) is -4.32. The molecule has 4 N–H and O–H groups in total. The zero-order valence-electron chi connectivity index (χ0n) is 14.6. The summed E-state index contributed by atoms with van der Waals surface area (Å²) in [7, 11) is 0. The third-order valence-corrected chi connectivity index (χ3v) is 4.27. The van der Waals surface area contributed by atoms with Crippen LogP contribution in [0.3, 0.4) is 0 Å². The van der Waals surface area contributed by atoms with Gasteiger partial charge in [0.25, 0.3) is 5.91 Å². The van der Waals surface area contributed by atoms with Gasteiger partial charge in [0.2, 0.25) is 0 Å². The molecule has 0 saturated heterocycles. The highest BCUT2D eigenvalue weighted by molar-refractivity contribution is 14.1. The monoisotopic (exact) mass is 510 g/mol. The Morgan fingerprint density at radius 2 is 1.82 bits per heavy atom. The fraction of sp³-hybridized carbons (Fsp3) is 0.278. The van der Waals surface area contributed by atoms with Gasteiger partial charge in [0.05, 0.1) is 50.0 Å². The third-order valence-electron chi connectivity index (χ3n) is 3.60. The largest absolute Gasteiger partial charge is 0.394 e. The lowest BCUT2D eigenvalue weighted by Crippen LogP contribution is -2.17. The summed E-state index contributed by atoms with van der Waals surface area (Å²) in [6, 6.07) is 5.15. The van der Waals surface area contributed by atoms with E-state index in [0.29, 0.717) is 3.57 Å². The average molecular weight is 510 g/mol. The average Bonchev–Trinajstić information content (AvgIpc) is 2.65. The van der Waals surface area contributed by atoms with Gasteiger partial charge >= 0.3 is 0 Å². The van der Waals surface area contributed by atoms with Crippen molar-refractivity contribution in [2.45, 2.75) is 6.61 Å². The van der Waals surface area contributed by atoms with E-state index < -0.39 is 29.0 Å². The fourth-order valence-corrected chi connectivity index (χ4v) is 2.75.